The Kier molecular flexibility index (Phi) is 3.54. The second kappa shape index (κ2) is 4.46. The summed E-state index contributed by atoms with van der Waals surface area (Å²) in [5, 5.41) is 0. The molecule has 0 N–H and O–H groups in total. The number of hydrogen-bond donors (Lipinski definition) is 0. The minimum Gasteiger partial charge on any atom is -0.266 e. The molecule has 0 saturated carbocycles. The zero-order valence-electron chi connectivity index (χ0n) is 6.25. The van der Waals surface area contributed by atoms with Crippen molar-refractivity contribution in [2.24, 2.45) is 4.99 Å². The lowest BCUT2D eigenvalue weighted by Crippen LogP contribution is -1.95. The monoisotopic (exact) mass is 303 g/mol. The molecular formula is C8H3Br2NO2. The van der Waals surface area contributed by atoms with E-state index < -0.39 is 5.91 Å². The van der Waals surface area contributed by atoms with Gasteiger partial charge in [0.25, 0.3) is 5.91 Å². The number of amides is 1. The van der Waals surface area contributed by atoms with Crippen molar-refractivity contribution in [2.45, 2.75) is 0 Å². The Hall–Kier alpha value is -0.770. The van der Waals surface area contributed by atoms with Crippen LogP contribution in [0.25, 0.3) is 0 Å². The molecule has 0 fully saturated rings. The number of halogens is 2. The standard InChI is InChI=1S/C8H3Br2NO2/c9-5-1-2-6(7(10)3-5)8(13)11-4-12/h1-3H. The summed E-state index contributed by atoms with van der Waals surface area (Å²) in [6.07, 6.45) is 1.20. The zero-order chi connectivity index (χ0) is 9.84. The van der Waals surface area contributed by atoms with Crippen LogP contribution in [-0.4, -0.2) is 12.0 Å². The number of carbonyl (C=O) groups is 1. The van der Waals surface area contributed by atoms with Gasteiger partial charge in [0.05, 0.1) is 5.56 Å². The fraction of sp³-hybridized carbons (Fsp3) is 0. The van der Waals surface area contributed by atoms with Crippen LogP contribution in [0.2, 0.25) is 0 Å². The summed E-state index contributed by atoms with van der Waals surface area (Å²) in [5.41, 5.74) is 0.339. The molecule has 0 aliphatic heterocycles. The third-order valence-corrected chi connectivity index (χ3v) is 2.46. The van der Waals surface area contributed by atoms with E-state index in [1.807, 2.05) is 0 Å². The molecule has 0 radical (unpaired) electrons. The quantitative estimate of drug-likeness (QED) is 0.591. The Labute approximate surface area is 91.1 Å². The molecule has 0 atom stereocenters. The summed E-state index contributed by atoms with van der Waals surface area (Å²) in [4.78, 5) is 23.9. The summed E-state index contributed by atoms with van der Waals surface area (Å²) >= 11 is 6.41. The SMILES string of the molecule is O=C=NC(=O)c1ccc(Br)cc1Br. The lowest BCUT2D eigenvalue weighted by Gasteiger charge is -1.98. The molecule has 1 amide bonds. The largest absolute Gasteiger partial charge is 0.288 e. The molecule has 5 heteroatoms. The van der Waals surface area contributed by atoms with E-state index >= 15 is 0 Å². The maximum absolute atomic E-state index is 11.1. The second-order valence-corrected chi connectivity index (χ2v) is 3.90. The highest BCUT2D eigenvalue weighted by molar-refractivity contribution is 9.11. The molecule has 0 aromatic heterocycles. The van der Waals surface area contributed by atoms with E-state index in [2.05, 4.69) is 36.9 Å². The Morgan fingerprint density at radius 3 is 2.62 bits per heavy atom. The molecule has 0 heterocycles. The maximum atomic E-state index is 11.1. The first-order chi connectivity index (χ1) is 6.15. The average molecular weight is 305 g/mol. The highest BCUT2D eigenvalue weighted by Gasteiger charge is 2.08. The lowest BCUT2D eigenvalue weighted by molar-refractivity contribution is 0.100. The van der Waals surface area contributed by atoms with Crippen molar-refractivity contribution in [3.63, 3.8) is 0 Å². The van der Waals surface area contributed by atoms with Gasteiger partial charge in [-0.05, 0) is 34.1 Å². The van der Waals surface area contributed by atoms with Crippen LogP contribution in [0.3, 0.4) is 0 Å². The van der Waals surface area contributed by atoms with E-state index in [1.165, 1.54) is 6.08 Å². The van der Waals surface area contributed by atoms with Gasteiger partial charge in [0, 0.05) is 8.95 Å². The topological polar surface area (TPSA) is 46.5 Å². The van der Waals surface area contributed by atoms with E-state index in [4.69, 9.17) is 0 Å². The van der Waals surface area contributed by atoms with Crippen LogP contribution >= 0.6 is 31.9 Å². The first-order valence-electron chi connectivity index (χ1n) is 3.22. The van der Waals surface area contributed by atoms with Gasteiger partial charge in [-0.3, -0.25) is 4.79 Å². The van der Waals surface area contributed by atoms with Crippen molar-refractivity contribution < 1.29 is 9.59 Å². The van der Waals surface area contributed by atoms with Gasteiger partial charge in [-0.1, -0.05) is 15.9 Å². The minimum atomic E-state index is -0.602. The van der Waals surface area contributed by atoms with Crippen LogP contribution in [0.4, 0.5) is 0 Å². The van der Waals surface area contributed by atoms with E-state index in [0.29, 0.717) is 10.0 Å². The Bertz CT molecular complexity index is 397. The van der Waals surface area contributed by atoms with Crippen LogP contribution in [0.1, 0.15) is 10.4 Å². The summed E-state index contributed by atoms with van der Waals surface area (Å²) in [5.74, 6) is -0.602. The third kappa shape index (κ3) is 2.59. The van der Waals surface area contributed by atoms with E-state index in [9.17, 15) is 9.59 Å². The Balaban J connectivity index is 3.16. The normalized spacial score (nSPS) is 9.08. The van der Waals surface area contributed by atoms with Gasteiger partial charge in [0.15, 0.2) is 0 Å². The predicted octanol–water partition coefficient (Wildman–Crippen LogP) is 2.69. The molecule has 0 unspecified atom stereocenters. The molecule has 0 saturated heterocycles. The van der Waals surface area contributed by atoms with Gasteiger partial charge in [-0.25, -0.2) is 4.79 Å². The van der Waals surface area contributed by atoms with Crippen LogP contribution in [0.15, 0.2) is 32.1 Å². The summed E-state index contributed by atoms with van der Waals surface area (Å²) in [6, 6.07) is 4.96. The minimum absolute atomic E-state index is 0.339. The second-order valence-electron chi connectivity index (χ2n) is 2.13. The predicted molar refractivity (Wildman–Crippen MR) is 54.3 cm³/mol. The van der Waals surface area contributed by atoms with Crippen LogP contribution in [0.5, 0.6) is 0 Å². The first-order valence-corrected chi connectivity index (χ1v) is 4.81. The van der Waals surface area contributed by atoms with Crippen LogP contribution in [-0.2, 0) is 4.79 Å². The zero-order valence-corrected chi connectivity index (χ0v) is 9.42. The van der Waals surface area contributed by atoms with Gasteiger partial charge >= 0.3 is 0 Å². The van der Waals surface area contributed by atoms with Crippen LogP contribution in [0, 0.1) is 0 Å². The number of carbonyl (C=O) groups excluding carboxylic acids is 2. The van der Waals surface area contributed by atoms with Crippen molar-refractivity contribution in [1.29, 1.82) is 0 Å². The van der Waals surface area contributed by atoms with Gasteiger partial charge in [0.1, 0.15) is 0 Å². The maximum Gasteiger partial charge on any atom is 0.288 e. The Morgan fingerprint density at radius 2 is 2.08 bits per heavy atom. The molecule has 1 aromatic rings. The average Bonchev–Trinajstić information content (AvgIpc) is 2.04. The summed E-state index contributed by atoms with van der Waals surface area (Å²) in [7, 11) is 0. The lowest BCUT2D eigenvalue weighted by atomic mass is 10.2. The van der Waals surface area contributed by atoms with Crippen molar-refractivity contribution >= 4 is 43.8 Å². The number of nitrogens with zero attached hydrogens (tertiary/aromatic N) is 1. The van der Waals surface area contributed by atoms with Gasteiger partial charge < -0.3 is 0 Å². The number of benzene rings is 1. The van der Waals surface area contributed by atoms with E-state index in [-0.39, 0.29) is 0 Å². The highest BCUT2D eigenvalue weighted by atomic mass is 79.9. The number of aliphatic imine (C=N–C) groups is 1. The first kappa shape index (κ1) is 10.3. The van der Waals surface area contributed by atoms with Gasteiger partial charge in [-0.15, -0.1) is 4.99 Å². The number of hydrogen-bond acceptors (Lipinski definition) is 2. The van der Waals surface area contributed by atoms with Gasteiger partial charge in [0.2, 0.25) is 6.08 Å². The molecule has 0 bridgehead atoms. The Morgan fingerprint density at radius 1 is 1.38 bits per heavy atom. The van der Waals surface area contributed by atoms with Crippen molar-refractivity contribution in [2.75, 3.05) is 0 Å². The summed E-state index contributed by atoms with van der Waals surface area (Å²) in [6.45, 7) is 0. The van der Waals surface area contributed by atoms with Crippen molar-refractivity contribution in [1.82, 2.24) is 0 Å². The van der Waals surface area contributed by atoms with E-state index in [0.717, 1.165) is 4.47 Å². The fourth-order valence-electron chi connectivity index (χ4n) is 0.765. The smallest absolute Gasteiger partial charge is 0.266 e. The summed E-state index contributed by atoms with van der Waals surface area (Å²) < 4.78 is 1.43. The molecule has 1 aromatic carbocycles. The van der Waals surface area contributed by atoms with Gasteiger partial charge in [-0.2, -0.15) is 0 Å². The molecule has 66 valence electrons. The fourth-order valence-corrected chi connectivity index (χ4v) is 1.98. The molecule has 3 nitrogen and oxygen atoms in total. The number of rotatable bonds is 1. The van der Waals surface area contributed by atoms with E-state index in [1.54, 1.807) is 18.2 Å². The van der Waals surface area contributed by atoms with Crippen molar-refractivity contribution in [3.05, 3.63) is 32.7 Å². The third-order valence-electron chi connectivity index (χ3n) is 1.31. The molecular weight excluding hydrogens is 302 g/mol. The molecule has 0 aliphatic rings. The molecule has 0 spiro atoms. The number of isocyanates is 1. The highest BCUT2D eigenvalue weighted by Crippen LogP contribution is 2.22. The molecule has 13 heavy (non-hydrogen) atoms. The van der Waals surface area contributed by atoms with Crippen molar-refractivity contribution in [3.8, 4) is 0 Å². The molecule has 0 aliphatic carbocycles. The molecule has 1 rings (SSSR count). The van der Waals surface area contributed by atoms with Crippen LogP contribution < -0.4 is 0 Å².